The first kappa shape index (κ1) is 16.7. The van der Waals surface area contributed by atoms with Gasteiger partial charge in [0.15, 0.2) is 0 Å². The quantitative estimate of drug-likeness (QED) is 0.654. The smallest absolute Gasteiger partial charge is 0.411 e. The Hall–Kier alpha value is -1.76. The van der Waals surface area contributed by atoms with Crippen molar-refractivity contribution in [2.45, 2.75) is 31.5 Å². The highest BCUT2D eigenvalue weighted by molar-refractivity contribution is 5.94. The largest absolute Gasteiger partial charge is 0.416 e. The molecule has 1 N–H and O–H groups in total. The van der Waals surface area contributed by atoms with Gasteiger partial charge in [-0.05, 0) is 43.4 Å². The highest BCUT2D eigenvalue weighted by Crippen LogP contribution is 2.45. The van der Waals surface area contributed by atoms with Gasteiger partial charge in [0.2, 0.25) is 0 Å². The van der Waals surface area contributed by atoms with Crippen molar-refractivity contribution >= 4 is 11.4 Å². The monoisotopic (exact) mass is 353 g/mol. The second-order valence-electron chi connectivity index (χ2n) is 7.31. The molecule has 2 bridgehead atoms. The molecule has 3 atom stereocenters. The fraction of sp³-hybridized carbons (Fsp3) is 0.611. The molecule has 4 rings (SSSR count). The average molecular weight is 353 g/mol. The van der Waals surface area contributed by atoms with Crippen molar-refractivity contribution < 1.29 is 18.4 Å². The minimum Gasteiger partial charge on any atom is -0.411 e. The number of hydrogen-bond donors (Lipinski definition) is 1. The van der Waals surface area contributed by atoms with Crippen molar-refractivity contribution in [1.29, 1.82) is 0 Å². The van der Waals surface area contributed by atoms with Gasteiger partial charge in [0, 0.05) is 37.8 Å². The Labute approximate surface area is 144 Å². The topological polar surface area (TPSA) is 39.1 Å². The van der Waals surface area contributed by atoms with E-state index in [-0.39, 0.29) is 6.04 Å². The van der Waals surface area contributed by atoms with E-state index in [9.17, 15) is 18.4 Å². The van der Waals surface area contributed by atoms with Gasteiger partial charge in [-0.1, -0.05) is 11.2 Å². The van der Waals surface area contributed by atoms with Crippen LogP contribution in [0.4, 0.5) is 18.9 Å². The first-order valence-electron chi connectivity index (χ1n) is 8.85. The number of piperazine rings is 1. The lowest BCUT2D eigenvalue weighted by molar-refractivity contribution is -0.137. The summed E-state index contributed by atoms with van der Waals surface area (Å²) in [6.07, 6.45) is -0.905. The molecule has 1 aromatic carbocycles. The number of fused-ring (bicyclic) bond motifs is 2. The van der Waals surface area contributed by atoms with Crippen molar-refractivity contribution in [2.75, 3.05) is 31.1 Å². The maximum absolute atomic E-state index is 12.9. The minimum atomic E-state index is -4.31. The molecule has 2 aliphatic carbocycles. The van der Waals surface area contributed by atoms with Gasteiger partial charge in [0.05, 0.1) is 17.3 Å². The lowest BCUT2D eigenvalue weighted by Gasteiger charge is -2.41. The van der Waals surface area contributed by atoms with Crippen LogP contribution in [0.2, 0.25) is 0 Å². The molecule has 2 saturated carbocycles. The predicted octanol–water partition coefficient (Wildman–Crippen LogP) is 3.46. The third-order valence-electron chi connectivity index (χ3n) is 6.00. The molecule has 0 spiro atoms. The van der Waals surface area contributed by atoms with Crippen LogP contribution < -0.4 is 4.90 Å². The molecule has 25 heavy (non-hydrogen) atoms. The first-order valence-corrected chi connectivity index (χ1v) is 8.85. The summed E-state index contributed by atoms with van der Waals surface area (Å²) in [5, 5.41) is 12.9. The van der Waals surface area contributed by atoms with Crippen molar-refractivity contribution in [1.82, 2.24) is 4.90 Å². The number of hydrogen-bond acceptors (Lipinski definition) is 4. The molecule has 3 unspecified atom stereocenters. The van der Waals surface area contributed by atoms with E-state index < -0.39 is 11.7 Å². The van der Waals surface area contributed by atoms with Gasteiger partial charge in [-0.15, -0.1) is 0 Å². The molecular formula is C18H22F3N3O. The number of benzene rings is 1. The van der Waals surface area contributed by atoms with Crippen molar-refractivity contribution in [3.8, 4) is 0 Å². The maximum atomic E-state index is 12.9. The summed E-state index contributed by atoms with van der Waals surface area (Å²) >= 11 is 0. The Balaban J connectivity index is 1.44. The normalized spacial score (nSPS) is 31.9. The van der Waals surface area contributed by atoms with E-state index in [0.717, 1.165) is 37.7 Å². The summed E-state index contributed by atoms with van der Waals surface area (Å²) in [7, 11) is 0. The fourth-order valence-electron chi connectivity index (χ4n) is 4.82. The van der Waals surface area contributed by atoms with Crippen LogP contribution in [-0.2, 0) is 6.18 Å². The molecule has 1 saturated heterocycles. The molecule has 3 fully saturated rings. The molecular weight excluding hydrogens is 331 g/mol. The summed E-state index contributed by atoms with van der Waals surface area (Å²) in [5.74, 6) is 0.984. The zero-order chi connectivity index (χ0) is 17.6. The van der Waals surface area contributed by atoms with Crippen LogP contribution in [0.3, 0.4) is 0 Å². The van der Waals surface area contributed by atoms with Crippen LogP contribution in [-0.4, -0.2) is 48.0 Å². The average Bonchev–Trinajstić information content (AvgIpc) is 3.22. The molecule has 1 aromatic rings. The second-order valence-corrected chi connectivity index (χ2v) is 7.31. The predicted molar refractivity (Wildman–Crippen MR) is 89.1 cm³/mol. The van der Waals surface area contributed by atoms with Gasteiger partial charge in [0.1, 0.15) is 0 Å². The van der Waals surface area contributed by atoms with Crippen molar-refractivity contribution in [2.24, 2.45) is 17.0 Å². The molecule has 1 heterocycles. The number of anilines is 1. The van der Waals surface area contributed by atoms with Gasteiger partial charge < -0.3 is 10.1 Å². The standard InChI is InChI=1S/C18H22F3N3O/c19-18(20,21)14-2-1-3-15(11-14)23-6-8-24(9-7-23)17-13-5-4-12(10-13)16(17)22-25/h1-3,11-13,17,25H,4-10H2/b22-16-. The molecule has 1 aliphatic heterocycles. The second kappa shape index (κ2) is 6.20. The van der Waals surface area contributed by atoms with E-state index in [2.05, 4.69) is 10.1 Å². The lowest BCUT2D eigenvalue weighted by atomic mass is 9.91. The highest BCUT2D eigenvalue weighted by Gasteiger charge is 2.48. The van der Waals surface area contributed by atoms with Crippen LogP contribution >= 0.6 is 0 Å². The Bertz CT molecular complexity index is 668. The van der Waals surface area contributed by atoms with Crippen LogP contribution in [0, 0.1) is 11.8 Å². The number of rotatable bonds is 2. The molecule has 0 radical (unpaired) electrons. The van der Waals surface area contributed by atoms with E-state index in [1.54, 1.807) is 6.07 Å². The fourth-order valence-corrected chi connectivity index (χ4v) is 4.82. The number of nitrogens with zero attached hydrogens (tertiary/aromatic N) is 3. The third-order valence-corrected chi connectivity index (χ3v) is 6.00. The number of oxime groups is 1. The van der Waals surface area contributed by atoms with Crippen LogP contribution in [0.25, 0.3) is 0 Å². The van der Waals surface area contributed by atoms with Crippen LogP contribution in [0.1, 0.15) is 24.8 Å². The third kappa shape index (κ3) is 2.99. The van der Waals surface area contributed by atoms with Gasteiger partial charge >= 0.3 is 6.18 Å². The van der Waals surface area contributed by atoms with Gasteiger partial charge in [-0.25, -0.2) is 0 Å². The summed E-state index contributed by atoms with van der Waals surface area (Å²) < 4.78 is 38.7. The summed E-state index contributed by atoms with van der Waals surface area (Å²) in [5.41, 5.74) is 0.942. The Morgan fingerprint density at radius 3 is 2.52 bits per heavy atom. The summed E-state index contributed by atoms with van der Waals surface area (Å²) in [4.78, 5) is 4.36. The maximum Gasteiger partial charge on any atom is 0.416 e. The Kier molecular flexibility index (Phi) is 4.14. The van der Waals surface area contributed by atoms with Gasteiger partial charge in [-0.3, -0.25) is 4.90 Å². The molecule has 0 amide bonds. The highest BCUT2D eigenvalue weighted by atomic mass is 19.4. The summed E-state index contributed by atoms with van der Waals surface area (Å²) in [6.45, 7) is 2.94. The first-order chi connectivity index (χ1) is 12.0. The number of alkyl halides is 3. The van der Waals surface area contributed by atoms with E-state index in [1.165, 1.54) is 18.6 Å². The zero-order valence-corrected chi connectivity index (χ0v) is 13.9. The van der Waals surface area contributed by atoms with E-state index in [4.69, 9.17) is 0 Å². The van der Waals surface area contributed by atoms with Gasteiger partial charge in [-0.2, -0.15) is 13.2 Å². The molecule has 3 aliphatic rings. The molecule has 136 valence electrons. The minimum absolute atomic E-state index is 0.215. The number of halogens is 3. The molecule has 0 aromatic heterocycles. The van der Waals surface area contributed by atoms with Crippen molar-refractivity contribution in [3.05, 3.63) is 29.8 Å². The Morgan fingerprint density at radius 2 is 1.84 bits per heavy atom. The SMILES string of the molecule is O/N=C1/C2CCC(C2)C1N1CCN(c2cccc(C(F)(F)F)c2)CC1. The lowest BCUT2D eigenvalue weighted by Crippen LogP contribution is -2.54. The molecule has 4 nitrogen and oxygen atoms in total. The summed E-state index contributed by atoms with van der Waals surface area (Å²) in [6, 6.07) is 5.76. The zero-order valence-electron chi connectivity index (χ0n) is 13.9. The van der Waals surface area contributed by atoms with Crippen LogP contribution in [0.5, 0.6) is 0 Å². The molecule has 7 heteroatoms. The van der Waals surface area contributed by atoms with Gasteiger partial charge in [0.25, 0.3) is 0 Å². The van der Waals surface area contributed by atoms with E-state index in [0.29, 0.717) is 30.6 Å². The van der Waals surface area contributed by atoms with Crippen molar-refractivity contribution in [3.63, 3.8) is 0 Å². The Morgan fingerprint density at radius 1 is 1.08 bits per heavy atom. The van der Waals surface area contributed by atoms with E-state index in [1.807, 2.05) is 4.90 Å². The van der Waals surface area contributed by atoms with Crippen LogP contribution in [0.15, 0.2) is 29.4 Å². The van der Waals surface area contributed by atoms with E-state index >= 15 is 0 Å².